The van der Waals surface area contributed by atoms with Crippen LogP contribution in [0.25, 0.3) is 0 Å². The highest BCUT2D eigenvalue weighted by Crippen LogP contribution is 2.36. The number of rotatable bonds is 4. The Morgan fingerprint density at radius 3 is 2.72 bits per heavy atom. The third-order valence-corrected chi connectivity index (χ3v) is 5.22. The van der Waals surface area contributed by atoms with E-state index in [1.54, 1.807) is 17.0 Å². The molecule has 29 heavy (non-hydrogen) atoms. The minimum atomic E-state index is -0.565. The Balaban J connectivity index is 1.58. The fourth-order valence-corrected chi connectivity index (χ4v) is 3.80. The quantitative estimate of drug-likeness (QED) is 0.582. The molecule has 0 bridgehead atoms. The molecule has 2 aliphatic rings. The lowest BCUT2D eigenvalue weighted by Gasteiger charge is -2.32. The summed E-state index contributed by atoms with van der Waals surface area (Å²) in [6.45, 7) is 0.0503. The van der Waals surface area contributed by atoms with Crippen LogP contribution in [0.1, 0.15) is 24.4 Å². The van der Waals surface area contributed by atoms with E-state index in [1.165, 1.54) is 35.2 Å². The third kappa shape index (κ3) is 3.63. The van der Waals surface area contributed by atoms with E-state index in [1.807, 2.05) is 0 Å². The van der Waals surface area contributed by atoms with Gasteiger partial charge in [0.15, 0.2) is 6.61 Å². The average molecular weight is 399 g/mol. The van der Waals surface area contributed by atoms with Crippen LogP contribution >= 0.6 is 0 Å². The number of halogens is 1. The molecule has 150 valence electrons. The number of amides is 2. The van der Waals surface area contributed by atoms with Crippen LogP contribution < -0.4 is 9.64 Å². The molecule has 1 unspecified atom stereocenters. The molecule has 1 atom stereocenters. The van der Waals surface area contributed by atoms with Gasteiger partial charge in [0.1, 0.15) is 18.1 Å². The molecule has 0 aromatic heterocycles. The van der Waals surface area contributed by atoms with E-state index in [0.717, 1.165) is 18.4 Å². The Morgan fingerprint density at radius 1 is 1.24 bits per heavy atom. The maximum atomic E-state index is 13.2. The Bertz CT molecular complexity index is 979. The van der Waals surface area contributed by atoms with Crippen LogP contribution in [0, 0.1) is 15.9 Å². The standard InChI is InChI=1S/C20H18FN3O5/c21-14-5-3-13(4-6-14)16-2-1-9-22(16)19(25)11-23-17-10-15(24(27)28)7-8-18(17)29-12-20(23)26/h3-8,10,16H,1-2,9,11-12H2. The molecular weight excluding hydrogens is 381 g/mol. The highest BCUT2D eigenvalue weighted by atomic mass is 19.1. The van der Waals surface area contributed by atoms with Gasteiger partial charge in [-0.3, -0.25) is 24.6 Å². The number of carbonyl (C=O) groups excluding carboxylic acids is 2. The number of hydrogen-bond donors (Lipinski definition) is 0. The van der Waals surface area contributed by atoms with Crippen LogP contribution in [0.3, 0.4) is 0 Å². The second kappa shape index (κ2) is 7.50. The molecule has 0 spiro atoms. The van der Waals surface area contributed by atoms with E-state index in [4.69, 9.17) is 4.74 Å². The van der Waals surface area contributed by atoms with Gasteiger partial charge in [-0.15, -0.1) is 0 Å². The van der Waals surface area contributed by atoms with E-state index in [9.17, 15) is 24.1 Å². The van der Waals surface area contributed by atoms with Gasteiger partial charge >= 0.3 is 0 Å². The number of likely N-dealkylation sites (tertiary alicyclic amines) is 1. The van der Waals surface area contributed by atoms with Crippen molar-refractivity contribution in [2.24, 2.45) is 0 Å². The summed E-state index contributed by atoms with van der Waals surface area (Å²) in [7, 11) is 0. The van der Waals surface area contributed by atoms with Crippen molar-refractivity contribution in [3.63, 3.8) is 0 Å². The van der Waals surface area contributed by atoms with Gasteiger partial charge in [0.05, 0.1) is 16.7 Å². The monoisotopic (exact) mass is 399 g/mol. The Kier molecular flexibility index (Phi) is 4.87. The zero-order valence-electron chi connectivity index (χ0n) is 15.4. The van der Waals surface area contributed by atoms with Crippen molar-refractivity contribution in [2.75, 3.05) is 24.6 Å². The van der Waals surface area contributed by atoms with Crippen LogP contribution in [0.15, 0.2) is 42.5 Å². The lowest BCUT2D eigenvalue weighted by Crippen LogP contribution is -2.46. The summed E-state index contributed by atoms with van der Waals surface area (Å²) >= 11 is 0. The molecule has 9 heteroatoms. The third-order valence-electron chi connectivity index (χ3n) is 5.22. The smallest absolute Gasteiger partial charge is 0.271 e. The van der Waals surface area contributed by atoms with E-state index in [-0.39, 0.29) is 42.3 Å². The van der Waals surface area contributed by atoms with Crippen molar-refractivity contribution in [2.45, 2.75) is 18.9 Å². The first kappa shape index (κ1) is 18.9. The largest absolute Gasteiger partial charge is 0.482 e. The van der Waals surface area contributed by atoms with Crippen LogP contribution in [0.5, 0.6) is 5.75 Å². The molecule has 0 saturated carbocycles. The topological polar surface area (TPSA) is 93.0 Å². The fraction of sp³-hybridized carbons (Fsp3) is 0.300. The Hall–Kier alpha value is -3.49. The van der Waals surface area contributed by atoms with Crippen molar-refractivity contribution < 1.29 is 23.6 Å². The normalized spacial score (nSPS) is 18.4. The number of anilines is 1. The summed E-state index contributed by atoms with van der Waals surface area (Å²) in [6.07, 6.45) is 1.55. The number of non-ortho nitro benzene ring substituents is 1. The zero-order chi connectivity index (χ0) is 20.5. The first-order chi connectivity index (χ1) is 13.9. The van der Waals surface area contributed by atoms with Crippen molar-refractivity contribution in [3.8, 4) is 5.75 Å². The number of benzene rings is 2. The lowest BCUT2D eigenvalue weighted by molar-refractivity contribution is -0.384. The van der Waals surface area contributed by atoms with Crippen molar-refractivity contribution in [3.05, 3.63) is 64.0 Å². The summed E-state index contributed by atoms with van der Waals surface area (Å²) < 4.78 is 18.6. The average Bonchev–Trinajstić information content (AvgIpc) is 3.20. The number of ether oxygens (including phenoxy) is 1. The minimum Gasteiger partial charge on any atom is -0.482 e. The number of nitrogens with zero attached hydrogens (tertiary/aromatic N) is 3. The van der Waals surface area contributed by atoms with Crippen molar-refractivity contribution in [1.29, 1.82) is 0 Å². The zero-order valence-corrected chi connectivity index (χ0v) is 15.4. The van der Waals surface area contributed by atoms with Crippen LogP contribution in [-0.4, -0.2) is 41.3 Å². The van der Waals surface area contributed by atoms with E-state index in [2.05, 4.69) is 0 Å². The number of nitro benzene ring substituents is 1. The predicted molar refractivity (Wildman–Crippen MR) is 101 cm³/mol. The summed E-state index contributed by atoms with van der Waals surface area (Å²) in [4.78, 5) is 38.8. The summed E-state index contributed by atoms with van der Waals surface area (Å²) in [5, 5.41) is 11.1. The van der Waals surface area contributed by atoms with Gasteiger partial charge in [0.25, 0.3) is 11.6 Å². The van der Waals surface area contributed by atoms with Crippen LogP contribution in [0.2, 0.25) is 0 Å². The van der Waals surface area contributed by atoms with Gasteiger partial charge in [0, 0.05) is 18.7 Å². The molecule has 0 aliphatic carbocycles. The highest BCUT2D eigenvalue weighted by molar-refractivity contribution is 6.02. The van der Waals surface area contributed by atoms with Gasteiger partial charge in [-0.2, -0.15) is 0 Å². The highest BCUT2D eigenvalue weighted by Gasteiger charge is 2.34. The van der Waals surface area contributed by atoms with Gasteiger partial charge in [0.2, 0.25) is 5.91 Å². The maximum Gasteiger partial charge on any atom is 0.271 e. The molecule has 2 heterocycles. The van der Waals surface area contributed by atoms with Gasteiger partial charge in [-0.25, -0.2) is 4.39 Å². The van der Waals surface area contributed by atoms with Crippen LogP contribution in [0.4, 0.5) is 15.8 Å². The van der Waals surface area contributed by atoms with Gasteiger partial charge < -0.3 is 9.64 Å². The Morgan fingerprint density at radius 2 is 2.00 bits per heavy atom. The molecule has 2 aromatic carbocycles. The minimum absolute atomic E-state index is 0.190. The first-order valence-corrected chi connectivity index (χ1v) is 9.20. The molecule has 1 fully saturated rings. The molecule has 0 N–H and O–H groups in total. The van der Waals surface area contributed by atoms with Crippen LogP contribution in [-0.2, 0) is 9.59 Å². The summed E-state index contributed by atoms with van der Waals surface area (Å²) in [5.41, 5.74) is 0.854. The summed E-state index contributed by atoms with van der Waals surface area (Å²) in [6, 6.07) is 9.79. The molecule has 0 radical (unpaired) electrons. The fourth-order valence-electron chi connectivity index (χ4n) is 3.80. The first-order valence-electron chi connectivity index (χ1n) is 9.20. The number of carbonyl (C=O) groups is 2. The molecular formula is C20H18FN3O5. The van der Waals surface area contributed by atoms with E-state index < -0.39 is 10.8 Å². The van der Waals surface area contributed by atoms with E-state index >= 15 is 0 Å². The van der Waals surface area contributed by atoms with Gasteiger partial charge in [-0.1, -0.05) is 12.1 Å². The number of hydrogen-bond acceptors (Lipinski definition) is 5. The molecule has 2 amide bonds. The van der Waals surface area contributed by atoms with Gasteiger partial charge in [-0.05, 0) is 36.6 Å². The van der Waals surface area contributed by atoms with E-state index in [0.29, 0.717) is 12.3 Å². The molecule has 4 rings (SSSR count). The lowest BCUT2D eigenvalue weighted by atomic mass is 10.0. The van der Waals surface area contributed by atoms with Crippen molar-refractivity contribution in [1.82, 2.24) is 4.90 Å². The Labute approximate surface area is 165 Å². The molecule has 2 aromatic rings. The summed E-state index contributed by atoms with van der Waals surface area (Å²) in [5.74, 6) is -0.741. The number of fused-ring (bicyclic) bond motifs is 1. The second-order valence-electron chi connectivity index (χ2n) is 6.97. The molecule has 1 saturated heterocycles. The van der Waals surface area contributed by atoms with Crippen molar-refractivity contribution >= 4 is 23.2 Å². The predicted octanol–water partition coefficient (Wildman–Crippen LogP) is 2.82. The second-order valence-corrected chi connectivity index (χ2v) is 6.97. The maximum absolute atomic E-state index is 13.2. The molecule has 8 nitrogen and oxygen atoms in total. The molecule has 2 aliphatic heterocycles. The SMILES string of the molecule is O=C1COc2ccc([N+](=O)[O-])cc2N1CC(=O)N1CCCC1c1ccc(F)cc1. The number of nitro groups is 1.